The lowest BCUT2D eigenvalue weighted by Crippen LogP contribution is -2.03. The molecule has 3 nitrogen and oxygen atoms in total. The van der Waals surface area contributed by atoms with E-state index in [9.17, 15) is 0 Å². The molecule has 184 valence electrons. The van der Waals surface area contributed by atoms with Gasteiger partial charge in [0.2, 0.25) is 0 Å². The highest BCUT2D eigenvalue weighted by Crippen LogP contribution is 2.43. The van der Waals surface area contributed by atoms with Crippen molar-refractivity contribution in [2.75, 3.05) is 0 Å². The minimum Gasteiger partial charge on any atom is -0.460 e. The Morgan fingerprint density at radius 2 is 1.23 bits per heavy atom. The Morgan fingerprint density at radius 1 is 0.564 bits per heavy atom. The van der Waals surface area contributed by atoms with Crippen LogP contribution >= 0.6 is 0 Å². The van der Waals surface area contributed by atoms with Gasteiger partial charge in [-0.1, -0.05) is 72.8 Å². The number of benzene rings is 5. The Hall–Kier alpha value is -5.02. The highest BCUT2D eigenvalue weighted by molar-refractivity contribution is 6.09. The number of rotatable bonds is 2. The van der Waals surface area contributed by atoms with Crippen LogP contribution in [0.15, 0.2) is 124 Å². The predicted molar refractivity (Wildman–Crippen MR) is 160 cm³/mol. The van der Waals surface area contributed by atoms with E-state index in [1.165, 1.54) is 32.9 Å². The van der Waals surface area contributed by atoms with E-state index in [1.807, 2.05) is 12.1 Å². The van der Waals surface area contributed by atoms with Crippen molar-refractivity contribution < 1.29 is 8.83 Å². The molecule has 0 spiro atoms. The molecule has 5 aromatic carbocycles. The van der Waals surface area contributed by atoms with Crippen LogP contribution in [0.5, 0.6) is 0 Å². The van der Waals surface area contributed by atoms with Crippen LogP contribution in [0.25, 0.3) is 66.5 Å². The Balaban J connectivity index is 1.22. The van der Waals surface area contributed by atoms with E-state index >= 15 is 0 Å². The van der Waals surface area contributed by atoms with Crippen molar-refractivity contribution in [3.05, 3.63) is 132 Å². The van der Waals surface area contributed by atoms with Crippen LogP contribution in [0.1, 0.15) is 29.2 Å². The molecular weight excluding hydrogens is 478 g/mol. The third-order valence-corrected chi connectivity index (χ3v) is 8.35. The van der Waals surface area contributed by atoms with Crippen LogP contribution < -0.4 is 0 Å². The fourth-order valence-corrected chi connectivity index (χ4v) is 6.57. The van der Waals surface area contributed by atoms with Crippen molar-refractivity contribution in [2.45, 2.75) is 12.3 Å². The molecule has 0 fully saturated rings. The molecule has 3 heteroatoms. The lowest BCUT2D eigenvalue weighted by atomic mass is 9.86. The van der Waals surface area contributed by atoms with E-state index in [-0.39, 0.29) is 5.92 Å². The lowest BCUT2D eigenvalue weighted by Gasteiger charge is -2.18. The van der Waals surface area contributed by atoms with Gasteiger partial charge in [-0.2, -0.15) is 0 Å². The SMILES string of the molecule is C1=Cc2c(oc3ccc(-n4c5ccccc5c5ccccc54)cc23)C(c2ccc3oc4ccccc4c3c2)C1. The number of nitrogens with zero attached hydrogens (tertiary/aromatic N) is 1. The third-order valence-electron chi connectivity index (χ3n) is 8.35. The molecule has 0 saturated heterocycles. The Kier molecular flexibility index (Phi) is 4.17. The van der Waals surface area contributed by atoms with Gasteiger partial charge >= 0.3 is 0 Å². The molecule has 0 aliphatic heterocycles. The second kappa shape index (κ2) is 7.75. The molecule has 39 heavy (non-hydrogen) atoms. The van der Waals surface area contributed by atoms with Crippen molar-refractivity contribution in [1.82, 2.24) is 4.57 Å². The van der Waals surface area contributed by atoms with E-state index in [4.69, 9.17) is 8.83 Å². The zero-order chi connectivity index (χ0) is 25.5. The molecule has 1 atom stereocenters. The summed E-state index contributed by atoms with van der Waals surface area (Å²) in [5, 5.41) is 6.00. The fraction of sp³-hybridized carbons (Fsp3) is 0.0556. The van der Waals surface area contributed by atoms with Crippen LogP contribution in [-0.2, 0) is 0 Å². The second-order valence-electron chi connectivity index (χ2n) is 10.5. The summed E-state index contributed by atoms with van der Waals surface area (Å²) in [6.07, 6.45) is 5.43. The summed E-state index contributed by atoms with van der Waals surface area (Å²) < 4.78 is 15.1. The maximum absolute atomic E-state index is 6.60. The fourth-order valence-electron chi connectivity index (χ4n) is 6.57. The quantitative estimate of drug-likeness (QED) is 0.236. The molecule has 0 radical (unpaired) electrons. The normalized spacial score (nSPS) is 15.2. The summed E-state index contributed by atoms with van der Waals surface area (Å²) in [6.45, 7) is 0. The summed E-state index contributed by atoms with van der Waals surface area (Å²) in [5.74, 6) is 1.20. The molecule has 3 aromatic heterocycles. The first-order chi connectivity index (χ1) is 19.3. The molecule has 9 rings (SSSR count). The van der Waals surface area contributed by atoms with Crippen molar-refractivity contribution in [3.8, 4) is 5.69 Å². The highest BCUT2D eigenvalue weighted by atomic mass is 16.3. The number of aromatic nitrogens is 1. The van der Waals surface area contributed by atoms with Crippen molar-refractivity contribution in [3.63, 3.8) is 0 Å². The molecule has 1 aliphatic carbocycles. The van der Waals surface area contributed by atoms with Crippen LogP contribution in [0, 0.1) is 0 Å². The molecule has 1 unspecified atom stereocenters. The predicted octanol–water partition coefficient (Wildman–Crippen LogP) is 9.98. The van der Waals surface area contributed by atoms with Gasteiger partial charge in [0, 0.05) is 44.1 Å². The topological polar surface area (TPSA) is 31.2 Å². The maximum Gasteiger partial charge on any atom is 0.135 e. The van der Waals surface area contributed by atoms with Gasteiger partial charge in [-0.25, -0.2) is 0 Å². The van der Waals surface area contributed by atoms with Gasteiger partial charge in [0.05, 0.1) is 11.0 Å². The molecule has 0 bridgehead atoms. The smallest absolute Gasteiger partial charge is 0.135 e. The monoisotopic (exact) mass is 501 g/mol. The van der Waals surface area contributed by atoms with Crippen LogP contribution in [-0.4, -0.2) is 4.57 Å². The zero-order valence-electron chi connectivity index (χ0n) is 21.1. The van der Waals surface area contributed by atoms with Crippen LogP contribution in [0.2, 0.25) is 0 Å². The standard InChI is InChI=1S/C36H23NO2/c1-4-13-31-25(8-1)26-9-2-5-14-32(26)37(31)23-17-19-35-30(21-23)28-12-7-11-24(36(28)39-35)22-16-18-34-29(20-22)27-10-3-6-15-33(27)38-34/h1-10,12-21,24H,11H2. The van der Waals surface area contributed by atoms with Gasteiger partial charge in [0.1, 0.15) is 22.5 Å². The number of hydrogen-bond acceptors (Lipinski definition) is 2. The number of hydrogen-bond donors (Lipinski definition) is 0. The van der Waals surface area contributed by atoms with Crippen molar-refractivity contribution >= 4 is 60.8 Å². The number of allylic oxidation sites excluding steroid dienone is 1. The number of furan rings is 2. The minimum atomic E-state index is 0.159. The van der Waals surface area contributed by atoms with Crippen molar-refractivity contribution in [1.29, 1.82) is 0 Å². The molecule has 0 amide bonds. The molecule has 8 aromatic rings. The van der Waals surface area contributed by atoms with Gasteiger partial charge < -0.3 is 13.4 Å². The lowest BCUT2D eigenvalue weighted by molar-refractivity contribution is 0.517. The summed E-state index contributed by atoms with van der Waals surface area (Å²) in [6, 6.07) is 38.7. The summed E-state index contributed by atoms with van der Waals surface area (Å²) >= 11 is 0. The highest BCUT2D eigenvalue weighted by Gasteiger charge is 2.26. The molecule has 3 heterocycles. The summed E-state index contributed by atoms with van der Waals surface area (Å²) in [4.78, 5) is 0. The van der Waals surface area contributed by atoms with Gasteiger partial charge in [-0.15, -0.1) is 0 Å². The van der Waals surface area contributed by atoms with Gasteiger partial charge in [0.15, 0.2) is 0 Å². The summed E-state index contributed by atoms with van der Waals surface area (Å²) in [7, 11) is 0. The average Bonchev–Trinajstić information content (AvgIpc) is 3.66. The van der Waals surface area contributed by atoms with E-state index < -0.39 is 0 Å². The van der Waals surface area contributed by atoms with E-state index in [0.29, 0.717) is 0 Å². The molecular formula is C36H23NO2. The first-order valence-electron chi connectivity index (χ1n) is 13.5. The first kappa shape index (κ1) is 21.0. The first-order valence-corrected chi connectivity index (χ1v) is 13.5. The average molecular weight is 502 g/mol. The number of para-hydroxylation sites is 3. The Bertz CT molecular complexity index is 2220. The Morgan fingerprint density at radius 3 is 2.05 bits per heavy atom. The van der Waals surface area contributed by atoms with Crippen molar-refractivity contribution in [2.24, 2.45) is 0 Å². The molecule has 0 saturated carbocycles. The second-order valence-corrected chi connectivity index (χ2v) is 10.5. The van der Waals surface area contributed by atoms with Gasteiger partial charge in [-0.05, 0) is 60.5 Å². The molecule has 1 aliphatic rings. The largest absolute Gasteiger partial charge is 0.460 e. The zero-order valence-corrected chi connectivity index (χ0v) is 21.1. The van der Waals surface area contributed by atoms with Gasteiger partial charge in [-0.3, -0.25) is 0 Å². The molecule has 0 N–H and O–H groups in total. The third kappa shape index (κ3) is 2.93. The Labute approximate surface area is 224 Å². The number of fused-ring (bicyclic) bond motifs is 9. The van der Waals surface area contributed by atoms with Crippen LogP contribution in [0.3, 0.4) is 0 Å². The van der Waals surface area contributed by atoms with Crippen LogP contribution in [0.4, 0.5) is 0 Å². The minimum absolute atomic E-state index is 0.159. The van der Waals surface area contributed by atoms with E-state index in [0.717, 1.165) is 50.8 Å². The maximum atomic E-state index is 6.60. The van der Waals surface area contributed by atoms with E-state index in [2.05, 4.69) is 114 Å². The van der Waals surface area contributed by atoms with Gasteiger partial charge in [0.25, 0.3) is 0 Å². The van der Waals surface area contributed by atoms with E-state index in [1.54, 1.807) is 0 Å². The summed E-state index contributed by atoms with van der Waals surface area (Å²) in [5.41, 5.74) is 8.78.